The Balaban J connectivity index is 2.45. The normalized spacial score (nSPS) is 12.7. The van der Waals surface area contributed by atoms with Crippen molar-refractivity contribution in [3.05, 3.63) is 54.9 Å². The Labute approximate surface area is 123 Å². The minimum absolute atomic E-state index is 0.155. The summed E-state index contributed by atoms with van der Waals surface area (Å²) >= 11 is 10.9. The standard InChI is InChI=1S/C13H12BrClFNS/c1-7-5-11(18-13(7)14)12(17-2)9-4-3-8(15)6-10(9)16/h3-6,12,17H,1-2H3. The number of thiophene rings is 1. The lowest BCUT2D eigenvalue weighted by atomic mass is 10.0. The van der Waals surface area contributed by atoms with Gasteiger partial charge in [-0.2, -0.15) is 0 Å². The van der Waals surface area contributed by atoms with Gasteiger partial charge >= 0.3 is 0 Å². The molecule has 1 atom stereocenters. The first-order chi connectivity index (χ1) is 8.52. The highest BCUT2D eigenvalue weighted by Crippen LogP contribution is 2.35. The fraction of sp³-hybridized carbons (Fsp3) is 0.231. The maximum atomic E-state index is 13.9. The third kappa shape index (κ3) is 2.77. The molecule has 0 aliphatic carbocycles. The second-order valence-corrected chi connectivity index (χ2v) is 6.83. The minimum Gasteiger partial charge on any atom is -0.309 e. The van der Waals surface area contributed by atoms with E-state index < -0.39 is 0 Å². The van der Waals surface area contributed by atoms with Gasteiger partial charge in [-0.15, -0.1) is 11.3 Å². The molecular weight excluding hydrogens is 337 g/mol. The van der Waals surface area contributed by atoms with Crippen LogP contribution in [0.1, 0.15) is 22.0 Å². The lowest BCUT2D eigenvalue weighted by Gasteiger charge is -2.16. The van der Waals surface area contributed by atoms with Crippen LogP contribution in [-0.2, 0) is 0 Å². The summed E-state index contributed by atoms with van der Waals surface area (Å²) in [4.78, 5) is 1.07. The van der Waals surface area contributed by atoms with Crippen molar-refractivity contribution < 1.29 is 4.39 Å². The molecule has 0 radical (unpaired) electrons. The van der Waals surface area contributed by atoms with Crippen LogP contribution in [0.3, 0.4) is 0 Å². The number of hydrogen-bond acceptors (Lipinski definition) is 2. The summed E-state index contributed by atoms with van der Waals surface area (Å²) in [6.45, 7) is 2.02. The molecule has 2 rings (SSSR count). The highest BCUT2D eigenvalue weighted by molar-refractivity contribution is 9.11. The summed E-state index contributed by atoms with van der Waals surface area (Å²) in [7, 11) is 1.82. The van der Waals surface area contributed by atoms with Gasteiger partial charge in [-0.25, -0.2) is 4.39 Å². The molecule has 0 spiro atoms. The van der Waals surface area contributed by atoms with Gasteiger partial charge in [0.05, 0.1) is 9.83 Å². The molecule has 0 fully saturated rings. The Morgan fingerprint density at radius 3 is 2.61 bits per heavy atom. The summed E-state index contributed by atoms with van der Waals surface area (Å²) in [6.07, 6.45) is 0. The van der Waals surface area contributed by atoms with Crippen molar-refractivity contribution in [3.63, 3.8) is 0 Å². The van der Waals surface area contributed by atoms with Crippen molar-refractivity contribution in [2.75, 3.05) is 7.05 Å². The van der Waals surface area contributed by atoms with Crippen LogP contribution >= 0.6 is 38.9 Å². The SMILES string of the molecule is CNC(c1cc(C)c(Br)s1)c1ccc(Cl)cc1F. The summed E-state index contributed by atoms with van der Waals surface area (Å²) in [6, 6.07) is 6.68. The zero-order valence-corrected chi connectivity index (χ0v) is 13.1. The molecule has 1 nitrogen and oxygen atoms in total. The second-order valence-electron chi connectivity index (χ2n) is 3.99. The summed E-state index contributed by atoms with van der Waals surface area (Å²) in [5, 5.41) is 3.55. The van der Waals surface area contributed by atoms with Gasteiger partial charge in [-0.3, -0.25) is 0 Å². The van der Waals surface area contributed by atoms with E-state index in [-0.39, 0.29) is 11.9 Å². The molecule has 1 unspecified atom stereocenters. The van der Waals surface area contributed by atoms with Gasteiger partial charge in [0, 0.05) is 15.5 Å². The number of rotatable bonds is 3. The van der Waals surface area contributed by atoms with E-state index in [1.807, 2.05) is 14.0 Å². The number of hydrogen-bond donors (Lipinski definition) is 1. The topological polar surface area (TPSA) is 12.0 Å². The molecule has 1 aromatic carbocycles. The van der Waals surface area contributed by atoms with Gasteiger partial charge in [-0.05, 0) is 53.7 Å². The maximum Gasteiger partial charge on any atom is 0.129 e. The first-order valence-electron chi connectivity index (χ1n) is 5.41. The van der Waals surface area contributed by atoms with E-state index in [1.54, 1.807) is 23.5 Å². The molecule has 5 heteroatoms. The lowest BCUT2D eigenvalue weighted by molar-refractivity contribution is 0.579. The van der Waals surface area contributed by atoms with Crippen molar-refractivity contribution in [1.29, 1.82) is 0 Å². The highest BCUT2D eigenvalue weighted by atomic mass is 79.9. The summed E-state index contributed by atoms with van der Waals surface area (Å²) in [5.41, 5.74) is 1.76. The van der Waals surface area contributed by atoms with Crippen molar-refractivity contribution in [2.45, 2.75) is 13.0 Å². The Hall–Kier alpha value is -0.420. The Kier molecular flexibility index (Phi) is 4.43. The molecule has 18 heavy (non-hydrogen) atoms. The zero-order chi connectivity index (χ0) is 13.3. The van der Waals surface area contributed by atoms with Crippen LogP contribution in [0.25, 0.3) is 0 Å². The molecule has 0 saturated heterocycles. The molecule has 96 valence electrons. The molecule has 2 aromatic rings. The predicted molar refractivity (Wildman–Crippen MR) is 79.1 cm³/mol. The first kappa shape index (κ1) is 14.0. The third-order valence-corrected chi connectivity index (χ3v) is 5.16. The highest BCUT2D eigenvalue weighted by Gasteiger charge is 2.19. The first-order valence-corrected chi connectivity index (χ1v) is 7.39. The number of halogens is 3. The summed E-state index contributed by atoms with van der Waals surface area (Å²) < 4.78 is 15.0. The largest absolute Gasteiger partial charge is 0.309 e. The van der Waals surface area contributed by atoms with E-state index in [4.69, 9.17) is 11.6 Å². The van der Waals surface area contributed by atoms with Crippen molar-refractivity contribution in [3.8, 4) is 0 Å². The van der Waals surface area contributed by atoms with Crippen LogP contribution in [-0.4, -0.2) is 7.05 Å². The van der Waals surface area contributed by atoms with Gasteiger partial charge in [0.25, 0.3) is 0 Å². The molecule has 1 N–H and O–H groups in total. The average molecular weight is 349 g/mol. The van der Waals surface area contributed by atoms with Crippen molar-refractivity contribution in [2.24, 2.45) is 0 Å². The van der Waals surface area contributed by atoms with Crippen molar-refractivity contribution in [1.82, 2.24) is 5.32 Å². The van der Waals surface area contributed by atoms with E-state index in [9.17, 15) is 4.39 Å². The third-order valence-electron chi connectivity index (χ3n) is 2.72. The van der Waals surface area contributed by atoms with E-state index in [1.165, 1.54) is 6.07 Å². The number of aryl methyl sites for hydroxylation is 1. The summed E-state index contributed by atoms with van der Waals surface area (Å²) in [5.74, 6) is -0.288. The van der Waals surface area contributed by atoms with E-state index in [0.717, 1.165) is 14.2 Å². The van der Waals surface area contributed by atoms with Crippen LogP contribution in [0.5, 0.6) is 0 Å². The van der Waals surface area contributed by atoms with Gasteiger partial charge in [0.15, 0.2) is 0 Å². The molecule has 1 heterocycles. The molecule has 0 aliphatic heterocycles. The van der Waals surface area contributed by atoms with E-state index in [2.05, 4.69) is 27.3 Å². The Morgan fingerprint density at radius 1 is 1.39 bits per heavy atom. The molecule has 0 saturated carbocycles. The molecule has 1 aromatic heterocycles. The maximum absolute atomic E-state index is 13.9. The molecule has 0 bridgehead atoms. The smallest absolute Gasteiger partial charge is 0.129 e. The van der Waals surface area contributed by atoms with E-state index >= 15 is 0 Å². The zero-order valence-electron chi connectivity index (χ0n) is 9.93. The average Bonchev–Trinajstić information content (AvgIpc) is 2.63. The van der Waals surface area contributed by atoms with Crippen LogP contribution in [0.15, 0.2) is 28.1 Å². The van der Waals surface area contributed by atoms with Crippen LogP contribution in [0.2, 0.25) is 5.02 Å². The molecule has 0 amide bonds. The fourth-order valence-corrected chi connectivity index (χ4v) is 3.67. The van der Waals surface area contributed by atoms with Crippen LogP contribution in [0.4, 0.5) is 4.39 Å². The van der Waals surface area contributed by atoms with E-state index in [0.29, 0.717) is 10.6 Å². The monoisotopic (exact) mass is 347 g/mol. The second kappa shape index (κ2) is 5.70. The van der Waals surface area contributed by atoms with Gasteiger partial charge in [0.2, 0.25) is 0 Å². The predicted octanol–water partition coefficient (Wildman–Crippen LogP) is 4.92. The minimum atomic E-state index is -0.288. The number of benzene rings is 1. The number of nitrogens with one attached hydrogen (secondary N) is 1. The lowest BCUT2D eigenvalue weighted by Crippen LogP contribution is -2.17. The van der Waals surface area contributed by atoms with Crippen LogP contribution in [0, 0.1) is 12.7 Å². The fourth-order valence-electron chi connectivity index (χ4n) is 1.81. The Morgan fingerprint density at radius 2 is 2.11 bits per heavy atom. The molecule has 0 aliphatic rings. The van der Waals surface area contributed by atoms with Gasteiger partial charge in [0.1, 0.15) is 5.82 Å². The van der Waals surface area contributed by atoms with Crippen LogP contribution < -0.4 is 5.32 Å². The van der Waals surface area contributed by atoms with Gasteiger partial charge in [-0.1, -0.05) is 17.7 Å². The quantitative estimate of drug-likeness (QED) is 0.830. The van der Waals surface area contributed by atoms with Gasteiger partial charge < -0.3 is 5.32 Å². The van der Waals surface area contributed by atoms with Crippen molar-refractivity contribution >= 4 is 38.9 Å². The molecular formula is C13H12BrClFNS. The Bertz CT molecular complexity index is 551.